The molecule has 0 radical (unpaired) electrons. The van der Waals surface area contributed by atoms with Crippen molar-refractivity contribution in [2.45, 2.75) is 32.1 Å². The summed E-state index contributed by atoms with van der Waals surface area (Å²) in [6, 6.07) is 8.23. The fraction of sp³-hybridized carbons (Fsp3) is 0.533. The zero-order valence-corrected chi connectivity index (χ0v) is 13.7. The van der Waals surface area contributed by atoms with Crippen molar-refractivity contribution in [1.82, 2.24) is 4.31 Å². The Bertz CT molecular complexity index is 618. The van der Waals surface area contributed by atoms with Crippen molar-refractivity contribution in [2.75, 3.05) is 19.6 Å². The molecule has 21 heavy (non-hydrogen) atoms. The third-order valence-corrected chi connectivity index (χ3v) is 5.16. The molecule has 0 aromatic heterocycles. The van der Waals surface area contributed by atoms with Gasteiger partial charge in [-0.05, 0) is 30.5 Å². The van der Waals surface area contributed by atoms with Gasteiger partial charge in [0.05, 0.1) is 10.5 Å². The monoisotopic (exact) mass is 309 g/mol. The van der Waals surface area contributed by atoms with Crippen LogP contribution in [0.25, 0.3) is 0 Å². The fourth-order valence-electron chi connectivity index (χ4n) is 2.00. The van der Waals surface area contributed by atoms with Gasteiger partial charge < -0.3 is 5.73 Å². The maximum Gasteiger partial charge on any atom is 0.244 e. The summed E-state index contributed by atoms with van der Waals surface area (Å²) in [6.45, 7) is 6.92. The highest BCUT2D eigenvalue weighted by molar-refractivity contribution is 7.89. The number of hydrogen-bond acceptors (Lipinski definition) is 4. The lowest BCUT2D eigenvalue weighted by atomic mass is 9.94. The minimum absolute atomic E-state index is 0.0637. The number of nitriles is 1. The van der Waals surface area contributed by atoms with E-state index in [9.17, 15) is 8.42 Å². The lowest BCUT2D eigenvalue weighted by Gasteiger charge is -2.31. The molecule has 0 aliphatic heterocycles. The van der Waals surface area contributed by atoms with E-state index in [-0.39, 0.29) is 15.9 Å². The molecule has 2 N–H and O–H groups in total. The summed E-state index contributed by atoms with van der Waals surface area (Å²) >= 11 is 0. The van der Waals surface area contributed by atoms with Gasteiger partial charge in [-0.25, -0.2) is 8.42 Å². The minimum Gasteiger partial charge on any atom is -0.330 e. The van der Waals surface area contributed by atoms with Gasteiger partial charge in [-0.2, -0.15) is 9.57 Å². The van der Waals surface area contributed by atoms with Crippen molar-refractivity contribution in [3.05, 3.63) is 29.8 Å². The first kappa shape index (κ1) is 17.6. The summed E-state index contributed by atoms with van der Waals surface area (Å²) in [5, 5.41) is 9.12. The van der Waals surface area contributed by atoms with E-state index < -0.39 is 10.0 Å². The highest BCUT2D eigenvalue weighted by atomic mass is 32.2. The number of rotatable bonds is 7. The first-order chi connectivity index (χ1) is 9.78. The number of sulfonamides is 1. The Labute approximate surface area is 127 Å². The Morgan fingerprint density at radius 3 is 2.48 bits per heavy atom. The molecule has 5 nitrogen and oxygen atoms in total. The molecule has 6 heteroatoms. The SMILES string of the molecule is CCCN(CC(C)(C)CN)S(=O)(=O)c1ccccc1C#N. The van der Waals surface area contributed by atoms with E-state index in [1.54, 1.807) is 12.1 Å². The topological polar surface area (TPSA) is 87.2 Å². The minimum atomic E-state index is -3.69. The summed E-state index contributed by atoms with van der Waals surface area (Å²) < 4.78 is 27.1. The third kappa shape index (κ3) is 4.27. The van der Waals surface area contributed by atoms with Crippen molar-refractivity contribution in [3.8, 4) is 6.07 Å². The van der Waals surface area contributed by atoms with Gasteiger partial charge >= 0.3 is 0 Å². The molecule has 0 saturated heterocycles. The fourth-order valence-corrected chi connectivity index (χ4v) is 3.86. The predicted octanol–water partition coefficient (Wildman–Crippen LogP) is 1.94. The van der Waals surface area contributed by atoms with Crippen LogP contribution in [0.2, 0.25) is 0 Å². The molecular formula is C15H23N3O2S. The third-order valence-electron chi connectivity index (χ3n) is 3.26. The van der Waals surface area contributed by atoms with Crippen LogP contribution in [0, 0.1) is 16.7 Å². The van der Waals surface area contributed by atoms with Crippen LogP contribution in [-0.4, -0.2) is 32.4 Å². The Morgan fingerprint density at radius 2 is 1.95 bits per heavy atom. The lowest BCUT2D eigenvalue weighted by Crippen LogP contribution is -2.42. The smallest absolute Gasteiger partial charge is 0.244 e. The van der Waals surface area contributed by atoms with Crippen LogP contribution in [0.5, 0.6) is 0 Å². The normalized spacial score (nSPS) is 12.4. The van der Waals surface area contributed by atoms with Crippen LogP contribution in [0.1, 0.15) is 32.8 Å². The van der Waals surface area contributed by atoms with E-state index in [4.69, 9.17) is 11.0 Å². The molecule has 1 aromatic carbocycles. The zero-order valence-electron chi connectivity index (χ0n) is 12.8. The quantitative estimate of drug-likeness (QED) is 0.834. The molecule has 1 rings (SSSR count). The standard InChI is InChI=1S/C15H23N3O2S/c1-4-9-18(12-15(2,3)11-17)21(19,20)14-8-6-5-7-13(14)10-16/h5-8H,4,9,11-12,17H2,1-3H3. The molecule has 0 atom stereocenters. The number of nitrogens with zero attached hydrogens (tertiary/aromatic N) is 2. The summed E-state index contributed by atoms with van der Waals surface area (Å²) in [6.07, 6.45) is 0.703. The van der Waals surface area contributed by atoms with Crippen molar-refractivity contribution < 1.29 is 8.42 Å². The molecule has 0 amide bonds. The molecule has 0 unspecified atom stereocenters. The van der Waals surface area contributed by atoms with Crippen LogP contribution in [0.4, 0.5) is 0 Å². The first-order valence-electron chi connectivity index (χ1n) is 6.98. The molecule has 0 fully saturated rings. The van der Waals surface area contributed by atoms with E-state index >= 15 is 0 Å². The number of hydrogen-bond donors (Lipinski definition) is 1. The average molecular weight is 309 g/mol. The van der Waals surface area contributed by atoms with E-state index in [2.05, 4.69) is 0 Å². The summed E-state index contributed by atoms with van der Waals surface area (Å²) in [4.78, 5) is 0.0637. The van der Waals surface area contributed by atoms with Gasteiger partial charge in [-0.3, -0.25) is 0 Å². The van der Waals surface area contributed by atoms with E-state index in [1.807, 2.05) is 26.8 Å². The van der Waals surface area contributed by atoms with Crippen molar-refractivity contribution in [1.29, 1.82) is 5.26 Å². The number of nitrogens with two attached hydrogens (primary N) is 1. The molecule has 0 heterocycles. The first-order valence-corrected chi connectivity index (χ1v) is 8.42. The summed E-state index contributed by atoms with van der Waals surface area (Å²) in [5.74, 6) is 0. The molecule has 1 aromatic rings. The van der Waals surface area contributed by atoms with Crippen LogP contribution >= 0.6 is 0 Å². The largest absolute Gasteiger partial charge is 0.330 e. The second kappa shape index (κ2) is 7.03. The van der Waals surface area contributed by atoms with Crippen molar-refractivity contribution in [2.24, 2.45) is 11.1 Å². The zero-order chi connectivity index (χ0) is 16.1. The molecule has 0 aliphatic carbocycles. The Kier molecular flexibility index (Phi) is 5.90. The van der Waals surface area contributed by atoms with E-state index in [0.29, 0.717) is 26.1 Å². The van der Waals surface area contributed by atoms with Gasteiger partial charge in [-0.1, -0.05) is 32.9 Å². The second-order valence-corrected chi connectivity index (χ2v) is 7.72. The molecule has 116 valence electrons. The van der Waals surface area contributed by atoms with E-state index in [0.717, 1.165) is 0 Å². The van der Waals surface area contributed by atoms with Crippen LogP contribution in [0.3, 0.4) is 0 Å². The van der Waals surface area contributed by atoms with Gasteiger partial charge in [0, 0.05) is 13.1 Å². The van der Waals surface area contributed by atoms with Gasteiger partial charge in [0.1, 0.15) is 6.07 Å². The molecule has 0 spiro atoms. The average Bonchev–Trinajstić information content (AvgIpc) is 2.46. The molecule has 0 aliphatic rings. The maximum absolute atomic E-state index is 12.8. The lowest BCUT2D eigenvalue weighted by molar-refractivity contribution is 0.266. The summed E-state index contributed by atoms with van der Waals surface area (Å²) in [5.41, 5.74) is 5.57. The predicted molar refractivity (Wildman–Crippen MR) is 83.0 cm³/mol. The van der Waals surface area contributed by atoms with Crippen molar-refractivity contribution >= 4 is 10.0 Å². The van der Waals surface area contributed by atoms with Gasteiger partial charge in [0.25, 0.3) is 0 Å². The van der Waals surface area contributed by atoms with Crippen LogP contribution < -0.4 is 5.73 Å². The Balaban J connectivity index is 3.26. The Hall–Kier alpha value is -1.42. The van der Waals surface area contributed by atoms with Gasteiger partial charge in [0.15, 0.2) is 0 Å². The maximum atomic E-state index is 12.8. The highest BCUT2D eigenvalue weighted by Gasteiger charge is 2.31. The van der Waals surface area contributed by atoms with Crippen molar-refractivity contribution in [3.63, 3.8) is 0 Å². The van der Waals surface area contributed by atoms with Crippen LogP contribution in [-0.2, 0) is 10.0 Å². The van der Waals surface area contributed by atoms with E-state index in [1.165, 1.54) is 16.4 Å². The number of benzene rings is 1. The molecule has 0 saturated carbocycles. The van der Waals surface area contributed by atoms with Gasteiger partial charge in [-0.15, -0.1) is 0 Å². The summed E-state index contributed by atoms with van der Waals surface area (Å²) in [7, 11) is -3.69. The Morgan fingerprint density at radius 1 is 1.33 bits per heavy atom. The second-order valence-electron chi connectivity index (χ2n) is 5.81. The molecule has 0 bridgehead atoms. The van der Waals surface area contributed by atoms with Gasteiger partial charge in [0.2, 0.25) is 10.0 Å². The van der Waals surface area contributed by atoms with Crippen LogP contribution in [0.15, 0.2) is 29.2 Å². The molecular weight excluding hydrogens is 286 g/mol. The highest BCUT2D eigenvalue weighted by Crippen LogP contribution is 2.24.